The first-order chi connectivity index (χ1) is 13.5. The van der Waals surface area contributed by atoms with Gasteiger partial charge in [-0.2, -0.15) is 0 Å². The SMILES string of the molecule is Cc1ccc(C)c(NC(=O)C(OC(=O)c2ccccc2Br)c2ccccc2)c1. The number of ether oxygens (including phenoxy) is 1. The van der Waals surface area contributed by atoms with Crippen LogP contribution in [0.4, 0.5) is 5.69 Å². The summed E-state index contributed by atoms with van der Waals surface area (Å²) in [7, 11) is 0. The number of halogens is 1. The fourth-order valence-electron chi connectivity index (χ4n) is 2.77. The number of nitrogens with one attached hydrogen (secondary N) is 1. The van der Waals surface area contributed by atoms with Crippen LogP contribution in [-0.4, -0.2) is 11.9 Å². The van der Waals surface area contributed by atoms with Crippen molar-refractivity contribution in [2.75, 3.05) is 5.32 Å². The summed E-state index contributed by atoms with van der Waals surface area (Å²) in [6.45, 7) is 3.87. The molecule has 28 heavy (non-hydrogen) atoms. The van der Waals surface area contributed by atoms with Gasteiger partial charge < -0.3 is 10.1 Å². The van der Waals surface area contributed by atoms with Gasteiger partial charge in [0.05, 0.1) is 5.56 Å². The Morgan fingerprint density at radius 2 is 1.61 bits per heavy atom. The molecular weight excluding hydrogens is 418 g/mol. The van der Waals surface area contributed by atoms with Gasteiger partial charge in [0.2, 0.25) is 6.10 Å². The van der Waals surface area contributed by atoms with E-state index in [0.29, 0.717) is 21.3 Å². The highest BCUT2D eigenvalue weighted by molar-refractivity contribution is 9.10. The van der Waals surface area contributed by atoms with Crippen LogP contribution in [0, 0.1) is 13.8 Å². The molecule has 3 rings (SSSR count). The van der Waals surface area contributed by atoms with E-state index in [1.165, 1.54) is 0 Å². The van der Waals surface area contributed by atoms with Crippen LogP contribution in [0.15, 0.2) is 77.3 Å². The second-order valence-electron chi connectivity index (χ2n) is 6.48. The molecule has 0 spiro atoms. The minimum absolute atomic E-state index is 0.364. The van der Waals surface area contributed by atoms with E-state index in [4.69, 9.17) is 4.74 Å². The average Bonchev–Trinajstić information content (AvgIpc) is 2.69. The van der Waals surface area contributed by atoms with Gasteiger partial charge in [-0.1, -0.05) is 54.6 Å². The van der Waals surface area contributed by atoms with Crippen LogP contribution in [0.1, 0.15) is 33.2 Å². The Hall–Kier alpha value is -2.92. The molecule has 1 amide bonds. The number of rotatable bonds is 5. The third kappa shape index (κ3) is 4.67. The lowest BCUT2D eigenvalue weighted by Gasteiger charge is -2.19. The van der Waals surface area contributed by atoms with Gasteiger partial charge in [-0.05, 0) is 59.1 Å². The summed E-state index contributed by atoms with van der Waals surface area (Å²) in [6, 6.07) is 21.8. The fraction of sp³-hybridized carbons (Fsp3) is 0.130. The van der Waals surface area contributed by atoms with Crippen LogP contribution in [0.5, 0.6) is 0 Å². The lowest BCUT2D eigenvalue weighted by molar-refractivity contribution is -0.125. The maximum atomic E-state index is 13.0. The molecule has 0 aliphatic carbocycles. The zero-order chi connectivity index (χ0) is 20.1. The van der Waals surface area contributed by atoms with Crippen molar-refractivity contribution < 1.29 is 14.3 Å². The summed E-state index contributed by atoms with van der Waals surface area (Å²) >= 11 is 3.35. The molecule has 0 saturated carbocycles. The number of esters is 1. The Kier molecular flexibility index (Phi) is 6.26. The maximum Gasteiger partial charge on any atom is 0.340 e. The number of anilines is 1. The largest absolute Gasteiger partial charge is 0.444 e. The molecule has 0 aromatic heterocycles. The molecule has 4 nitrogen and oxygen atoms in total. The topological polar surface area (TPSA) is 55.4 Å². The lowest BCUT2D eigenvalue weighted by atomic mass is 10.1. The molecule has 5 heteroatoms. The Labute approximate surface area is 172 Å². The van der Waals surface area contributed by atoms with E-state index in [9.17, 15) is 9.59 Å². The van der Waals surface area contributed by atoms with Gasteiger partial charge in [0, 0.05) is 15.7 Å². The fourth-order valence-corrected chi connectivity index (χ4v) is 3.21. The molecule has 0 bridgehead atoms. The molecule has 0 aliphatic rings. The molecule has 0 saturated heterocycles. The summed E-state index contributed by atoms with van der Waals surface area (Å²) in [5.41, 5.74) is 3.63. The summed E-state index contributed by atoms with van der Waals surface area (Å²) < 4.78 is 6.24. The van der Waals surface area contributed by atoms with Crippen molar-refractivity contribution in [3.8, 4) is 0 Å². The molecule has 0 radical (unpaired) electrons. The zero-order valence-electron chi connectivity index (χ0n) is 15.6. The van der Waals surface area contributed by atoms with E-state index < -0.39 is 18.0 Å². The van der Waals surface area contributed by atoms with Crippen LogP contribution in [0.2, 0.25) is 0 Å². The Morgan fingerprint density at radius 3 is 2.32 bits per heavy atom. The summed E-state index contributed by atoms with van der Waals surface area (Å²) in [5.74, 6) is -0.974. The smallest absolute Gasteiger partial charge is 0.340 e. The second-order valence-corrected chi connectivity index (χ2v) is 7.34. The van der Waals surface area contributed by atoms with Gasteiger partial charge in [0.1, 0.15) is 0 Å². The third-order valence-electron chi connectivity index (χ3n) is 4.31. The molecule has 1 atom stereocenters. The van der Waals surface area contributed by atoms with Crippen molar-refractivity contribution in [1.82, 2.24) is 0 Å². The van der Waals surface area contributed by atoms with Gasteiger partial charge in [-0.15, -0.1) is 0 Å². The minimum atomic E-state index is -1.07. The second kappa shape index (κ2) is 8.85. The van der Waals surface area contributed by atoms with Crippen molar-refractivity contribution in [1.29, 1.82) is 0 Å². The van der Waals surface area contributed by atoms with Crippen LogP contribution in [0.25, 0.3) is 0 Å². The average molecular weight is 438 g/mol. The normalized spacial score (nSPS) is 11.5. The van der Waals surface area contributed by atoms with E-state index in [-0.39, 0.29) is 0 Å². The van der Waals surface area contributed by atoms with Crippen molar-refractivity contribution in [2.45, 2.75) is 20.0 Å². The number of hydrogen-bond donors (Lipinski definition) is 1. The Bertz CT molecular complexity index is 1000. The number of amides is 1. The molecule has 1 N–H and O–H groups in total. The van der Waals surface area contributed by atoms with E-state index >= 15 is 0 Å². The van der Waals surface area contributed by atoms with Gasteiger partial charge in [-0.3, -0.25) is 4.79 Å². The number of carbonyl (C=O) groups is 2. The number of hydrogen-bond acceptors (Lipinski definition) is 3. The van der Waals surface area contributed by atoms with Gasteiger partial charge in [0.15, 0.2) is 0 Å². The summed E-state index contributed by atoms with van der Waals surface area (Å²) in [4.78, 5) is 25.7. The first-order valence-corrected chi connectivity index (χ1v) is 9.63. The van der Waals surface area contributed by atoms with Crippen molar-refractivity contribution in [2.24, 2.45) is 0 Å². The first-order valence-electron chi connectivity index (χ1n) is 8.84. The molecule has 3 aromatic carbocycles. The van der Waals surface area contributed by atoms with Gasteiger partial charge in [-0.25, -0.2) is 4.79 Å². The summed E-state index contributed by atoms with van der Waals surface area (Å²) in [6.07, 6.45) is -1.07. The van der Waals surface area contributed by atoms with Crippen LogP contribution in [-0.2, 0) is 9.53 Å². The quantitative estimate of drug-likeness (QED) is 0.528. The lowest BCUT2D eigenvalue weighted by Crippen LogP contribution is -2.26. The molecule has 0 aliphatic heterocycles. The van der Waals surface area contributed by atoms with Crippen molar-refractivity contribution >= 4 is 33.5 Å². The van der Waals surface area contributed by atoms with E-state index in [1.807, 2.05) is 44.2 Å². The van der Waals surface area contributed by atoms with Gasteiger partial charge in [0.25, 0.3) is 5.91 Å². The minimum Gasteiger partial charge on any atom is -0.444 e. The van der Waals surface area contributed by atoms with E-state index in [0.717, 1.165) is 11.1 Å². The first kappa shape index (κ1) is 19.8. The third-order valence-corrected chi connectivity index (χ3v) is 5.00. The van der Waals surface area contributed by atoms with Crippen LogP contribution >= 0.6 is 15.9 Å². The van der Waals surface area contributed by atoms with Gasteiger partial charge >= 0.3 is 5.97 Å². The maximum absolute atomic E-state index is 13.0. The van der Waals surface area contributed by atoms with E-state index in [1.54, 1.807) is 42.5 Å². The van der Waals surface area contributed by atoms with Crippen molar-refractivity contribution in [3.05, 3.63) is 99.5 Å². The number of benzene rings is 3. The Balaban J connectivity index is 1.89. The molecular formula is C23H20BrNO3. The molecule has 3 aromatic rings. The van der Waals surface area contributed by atoms with E-state index in [2.05, 4.69) is 21.2 Å². The number of carbonyl (C=O) groups excluding carboxylic acids is 2. The highest BCUT2D eigenvalue weighted by Gasteiger charge is 2.26. The highest BCUT2D eigenvalue weighted by atomic mass is 79.9. The standard InChI is InChI=1S/C23H20BrNO3/c1-15-12-13-16(2)20(14-15)25-22(26)21(17-8-4-3-5-9-17)28-23(27)18-10-6-7-11-19(18)24/h3-14,21H,1-2H3,(H,25,26). The molecule has 0 fully saturated rings. The molecule has 142 valence electrons. The van der Waals surface area contributed by atoms with Crippen LogP contribution in [0.3, 0.4) is 0 Å². The Morgan fingerprint density at radius 1 is 0.929 bits per heavy atom. The molecule has 1 unspecified atom stereocenters. The zero-order valence-corrected chi connectivity index (χ0v) is 17.2. The molecule has 0 heterocycles. The van der Waals surface area contributed by atoms with Crippen molar-refractivity contribution in [3.63, 3.8) is 0 Å². The predicted octanol–water partition coefficient (Wildman–Crippen LogP) is 5.60. The van der Waals surface area contributed by atoms with Crippen LogP contribution < -0.4 is 5.32 Å². The monoisotopic (exact) mass is 437 g/mol. The highest BCUT2D eigenvalue weighted by Crippen LogP contribution is 2.25. The number of aryl methyl sites for hydroxylation is 2. The predicted molar refractivity (Wildman–Crippen MR) is 113 cm³/mol. The summed E-state index contributed by atoms with van der Waals surface area (Å²) in [5, 5.41) is 2.89.